The van der Waals surface area contributed by atoms with Gasteiger partial charge in [-0.1, -0.05) is 48.0 Å². The van der Waals surface area contributed by atoms with Crippen LogP contribution in [0.1, 0.15) is 15.9 Å². The lowest BCUT2D eigenvalue weighted by molar-refractivity contribution is -0.141. The summed E-state index contributed by atoms with van der Waals surface area (Å²) in [6.45, 7) is 0. The largest absolute Gasteiger partial charge is 0.478 e. The van der Waals surface area contributed by atoms with Crippen molar-refractivity contribution in [3.8, 4) is 0 Å². The maximum Gasteiger partial charge on any atom is 0.335 e. The van der Waals surface area contributed by atoms with Gasteiger partial charge in [0.05, 0.1) is 16.3 Å². The van der Waals surface area contributed by atoms with Crippen LogP contribution in [-0.2, 0) is 20.8 Å². The van der Waals surface area contributed by atoms with Gasteiger partial charge in [0, 0.05) is 12.1 Å². The number of amides is 2. The summed E-state index contributed by atoms with van der Waals surface area (Å²) < 4.78 is 14.5. The molecule has 3 aromatic rings. The molecule has 174 valence electrons. The van der Waals surface area contributed by atoms with E-state index in [2.05, 4.69) is 10.7 Å². The molecule has 34 heavy (non-hydrogen) atoms. The second-order valence-corrected chi connectivity index (χ2v) is 7.52. The molecule has 3 N–H and O–H groups in total. The summed E-state index contributed by atoms with van der Waals surface area (Å²) in [5.41, 5.74) is 3.25. The third-order valence-corrected chi connectivity index (χ3v) is 5.11. The molecule has 1 unspecified atom stereocenters. The maximum absolute atomic E-state index is 14.5. The number of hydrazine groups is 1. The van der Waals surface area contributed by atoms with Crippen molar-refractivity contribution in [1.29, 1.82) is 0 Å². The lowest BCUT2D eigenvalue weighted by atomic mass is 10.0. The van der Waals surface area contributed by atoms with Gasteiger partial charge in [-0.3, -0.25) is 19.8 Å². The van der Waals surface area contributed by atoms with Crippen molar-refractivity contribution < 1.29 is 28.7 Å². The number of nitrogens with one attached hydrogen (secondary N) is 2. The standard InChI is InChI=1S/C24H19ClFN3O5/c25-18-7-4-8-19(22(18)26)28-29(21(31)14-30)20(13-15-5-2-1-3-6-15)23(32)27-17-11-9-16(10-12-17)24(33)34/h1-12,14,20,28H,13H2,(H,27,32)(H,33,34). The Balaban J connectivity index is 1.96. The molecule has 0 aromatic heterocycles. The molecular formula is C24H19ClFN3O5. The van der Waals surface area contributed by atoms with E-state index >= 15 is 0 Å². The van der Waals surface area contributed by atoms with Crippen LogP contribution in [0.4, 0.5) is 15.8 Å². The van der Waals surface area contributed by atoms with Crippen molar-refractivity contribution in [2.45, 2.75) is 12.5 Å². The van der Waals surface area contributed by atoms with Gasteiger partial charge in [0.2, 0.25) is 12.2 Å². The minimum atomic E-state index is -1.29. The summed E-state index contributed by atoms with van der Waals surface area (Å²) in [5.74, 6) is -3.81. The molecule has 0 saturated carbocycles. The highest BCUT2D eigenvalue weighted by atomic mass is 35.5. The number of nitrogens with zero attached hydrogens (tertiary/aromatic N) is 1. The molecule has 0 spiro atoms. The van der Waals surface area contributed by atoms with Crippen molar-refractivity contribution in [2.24, 2.45) is 0 Å². The Morgan fingerprint density at radius 2 is 1.68 bits per heavy atom. The summed E-state index contributed by atoms with van der Waals surface area (Å²) in [5, 5.41) is 12.2. The van der Waals surface area contributed by atoms with Crippen LogP contribution in [0.15, 0.2) is 72.8 Å². The summed E-state index contributed by atoms with van der Waals surface area (Å²) in [7, 11) is 0. The first kappa shape index (κ1) is 24.4. The van der Waals surface area contributed by atoms with Crippen LogP contribution in [0.5, 0.6) is 0 Å². The van der Waals surface area contributed by atoms with Crippen LogP contribution in [0, 0.1) is 5.82 Å². The van der Waals surface area contributed by atoms with Crippen molar-refractivity contribution >= 4 is 47.0 Å². The van der Waals surface area contributed by atoms with E-state index < -0.39 is 29.6 Å². The number of carboxylic acid groups (broad SMARTS) is 1. The first-order valence-electron chi connectivity index (χ1n) is 9.97. The van der Waals surface area contributed by atoms with Crippen LogP contribution in [0.3, 0.4) is 0 Å². The van der Waals surface area contributed by atoms with E-state index in [1.165, 1.54) is 42.5 Å². The molecule has 0 bridgehead atoms. The number of halogens is 2. The molecule has 3 rings (SSSR count). The van der Waals surface area contributed by atoms with Gasteiger partial charge < -0.3 is 10.4 Å². The Morgan fingerprint density at radius 3 is 2.29 bits per heavy atom. The summed E-state index contributed by atoms with van der Waals surface area (Å²) >= 11 is 5.82. The molecule has 0 aliphatic carbocycles. The predicted molar refractivity (Wildman–Crippen MR) is 124 cm³/mol. The minimum absolute atomic E-state index is 0.00236. The zero-order chi connectivity index (χ0) is 24.7. The number of carbonyl (C=O) groups excluding carboxylic acids is 3. The van der Waals surface area contributed by atoms with Gasteiger partial charge in [0.15, 0.2) is 5.82 Å². The zero-order valence-electron chi connectivity index (χ0n) is 17.6. The number of anilines is 2. The van der Waals surface area contributed by atoms with Gasteiger partial charge in [-0.25, -0.2) is 14.2 Å². The van der Waals surface area contributed by atoms with Crippen molar-refractivity contribution in [1.82, 2.24) is 5.01 Å². The molecule has 0 fully saturated rings. The van der Waals surface area contributed by atoms with Gasteiger partial charge in [-0.05, 0) is 42.0 Å². The molecule has 0 heterocycles. The number of hydrogen-bond donors (Lipinski definition) is 3. The van der Waals surface area contributed by atoms with E-state index in [0.29, 0.717) is 5.56 Å². The topological polar surface area (TPSA) is 116 Å². The summed E-state index contributed by atoms with van der Waals surface area (Å²) in [6, 6.07) is 16.8. The number of benzene rings is 3. The zero-order valence-corrected chi connectivity index (χ0v) is 18.3. The van der Waals surface area contributed by atoms with Crippen molar-refractivity contribution in [3.63, 3.8) is 0 Å². The van der Waals surface area contributed by atoms with Gasteiger partial charge in [-0.15, -0.1) is 0 Å². The smallest absolute Gasteiger partial charge is 0.335 e. The second kappa shape index (κ2) is 11.1. The molecule has 2 amide bonds. The summed E-state index contributed by atoms with van der Waals surface area (Å²) in [4.78, 5) is 48.2. The Kier molecular flexibility index (Phi) is 7.94. The van der Waals surface area contributed by atoms with Crippen LogP contribution in [0.25, 0.3) is 0 Å². The van der Waals surface area contributed by atoms with Crippen molar-refractivity contribution in [2.75, 3.05) is 10.7 Å². The van der Waals surface area contributed by atoms with Gasteiger partial charge in [0.25, 0.3) is 0 Å². The van der Waals surface area contributed by atoms with Gasteiger partial charge in [-0.2, -0.15) is 0 Å². The molecule has 3 aromatic carbocycles. The molecule has 1 atom stereocenters. The third kappa shape index (κ3) is 5.96. The van der Waals surface area contributed by atoms with E-state index in [9.17, 15) is 23.6 Å². The quantitative estimate of drug-likeness (QED) is 0.242. The highest BCUT2D eigenvalue weighted by molar-refractivity contribution is 6.31. The Bertz CT molecular complexity index is 1200. The van der Waals surface area contributed by atoms with Gasteiger partial charge in [0.1, 0.15) is 6.04 Å². The molecule has 8 nitrogen and oxygen atoms in total. The lowest BCUT2D eigenvalue weighted by Gasteiger charge is -2.30. The lowest BCUT2D eigenvalue weighted by Crippen LogP contribution is -2.52. The molecule has 0 saturated heterocycles. The predicted octanol–water partition coefficient (Wildman–Crippen LogP) is 3.78. The van der Waals surface area contributed by atoms with E-state index in [4.69, 9.17) is 16.7 Å². The fourth-order valence-corrected chi connectivity index (χ4v) is 3.30. The van der Waals surface area contributed by atoms with E-state index in [-0.39, 0.29) is 34.7 Å². The number of hydrogen-bond acceptors (Lipinski definition) is 5. The van der Waals surface area contributed by atoms with E-state index in [1.54, 1.807) is 30.3 Å². The maximum atomic E-state index is 14.5. The number of aromatic carboxylic acids is 1. The van der Waals surface area contributed by atoms with E-state index in [0.717, 1.165) is 5.01 Å². The number of rotatable bonds is 9. The Morgan fingerprint density at radius 1 is 1.00 bits per heavy atom. The molecule has 10 heteroatoms. The minimum Gasteiger partial charge on any atom is -0.478 e. The van der Waals surface area contributed by atoms with Crippen LogP contribution < -0.4 is 10.7 Å². The summed E-state index contributed by atoms with van der Waals surface area (Å²) in [6.07, 6.45) is -0.0168. The van der Waals surface area contributed by atoms with Crippen LogP contribution >= 0.6 is 11.6 Å². The highest BCUT2D eigenvalue weighted by Gasteiger charge is 2.31. The first-order chi connectivity index (χ1) is 16.3. The molecule has 0 aliphatic heterocycles. The fourth-order valence-electron chi connectivity index (χ4n) is 3.12. The van der Waals surface area contributed by atoms with Crippen molar-refractivity contribution in [3.05, 3.63) is 94.8 Å². The number of aldehydes is 1. The van der Waals surface area contributed by atoms with E-state index in [1.807, 2.05) is 0 Å². The molecular weight excluding hydrogens is 465 g/mol. The Labute approximate surface area is 198 Å². The van der Waals surface area contributed by atoms with Gasteiger partial charge >= 0.3 is 11.9 Å². The SMILES string of the molecule is O=CC(=O)N(Nc1cccc(Cl)c1F)C(Cc1ccccc1)C(=O)Nc1ccc(C(=O)O)cc1. The third-order valence-electron chi connectivity index (χ3n) is 4.82. The highest BCUT2D eigenvalue weighted by Crippen LogP contribution is 2.24. The second-order valence-electron chi connectivity index (χ2n) is 7.12. The number of carboxylic acids is 1. The first-order valence-corrected chi connectivity index (χ1v) is 10.3. The van der Waals surface area contributed by atoms with Crippen LogP contribution in [-0.4, -0.2) is 40.2 Å². The normalized spacial score (nSPS) is 11.2. The van der Waals surface area contributed by atoms with Crippen LogP contribution in [0.2, 0.25) is 5.02 Å². The monoisotopic (exact) mass is 483 g/mol. The number of carbonyl (C=O) groups is 4. The Hall–Kier alpha value is -4.24. The molecule has 0 radical (unpaired) electrons. The fraction of sp³-hybridized carbons (Fsp3) is 0.0833. The average molecular weight is 484 g/mol. The molecule has 0 aliphatic rings. The average Bonchev–Trinajstić information content (AvgIpc) is 2.84.